The average Bonchev–Trinajstić information content (AvgIpc) is 2.79. The maximum Gasteiger partial charge on any atom is 0.314 e. The van der Waals surface area contributed by atoms with Crippen LogP contribution in [0.3, 0.4) is 0 Å². The predicted octanol–water partition coefficient (Wildman–Crippen LogP) is 1.70. The van der Waals surface area contributed by atoms with E-state index in [4.69, 9.17) is 5.11 Å². The fourth-order valence-electron chi connectivity index (χ4n) is 1.19. The van der Waals surface area contributed by atoms with Gasteiger partial charge in [-0.1, -0.05) is 6.07 Å². The van der Waals surface area contributed by atoms with Crippen molar-refractivity contribution in [2.45, 2.75) is 20.3 Å². The maximum absolute atomic E-state index is 11.4. The van der Waals surface area contributed by atoms with Gasteiger partial charge in [-0.3, -0.25) is 4.79 Å². The molecule has 0 radical (unpaired) electrons. The van der Waals surface area contributed by atoms with Crippen LogP contribution in [0.5, 0.6) is 0 Å². The van der Waals surface area contributed by atoms with Gasteiger partial charge in [0.05, 0.1) is 5.41 Å². The summed E-state index contributed by atoms with van der Waals surface area (Å²) in [6.07, 6.45) is 0.785. The zero-order valence-corrected chi connectivity index (χ0v) is 11.3. The number of thiophene rings is 1. The standard InChI is InChI=1S/C12H18N2O3S/c1-12(2,10(15)16)8-14-11(17)13-6-5-9-4-3-7-18-9/h3-4,7H,5-6,8H2,1-2H3,(H,15,16)(H2,13,14,17). The van der Waals surface area contributed by atoms with Crippen molar-refractivity contribution in [3.8, 4) is 0 Å². The lowest BCUT2D eigenvalue weighted by atomic mass is 9.94. The van der Waals surface area contributed by atoms with Gasteiger partial charge in [-0.15, -0.1) is 11.3 Å². The van der Waals surface area contributed by atoms with E-state index in [0.717, 1.165) is 6.42 Å². The van der Waals surface area contributed by atoms with Crippen LogP contribution < -0.4 is 10.6 Å². The summed E-state index contributed by atoms with van der Waals surface area (Å²) in [5.41, 5.74) is -0.953. The Balaban J connectivity index is 2.20. The first kappa shape index (κ1) is 14.5. The van der Waals surface area contributed by atoms with Crippen LogP contribution in [0.1, 0.15) is 18.7 Å². The fraction of sp³-hybridized carbons (Fsp3) is 0.500. The van der Waals surface area contributed by atoms with Gasteiger partial charge in [0.15, 0.2) is 0 Å². The largest absolute Gasteiger partial charge is 0.481 e. The molecule has 100 valence electrons. The van der Waals surface area contributed by atoms with Gasteiger partial charge in [-0.25, -0.2) is 4.79 Å². The van der Waals surface area contributed by atoms with Crippen LogP contribution in [0.4, 0.5) is 4.79 Å². The second-order valence-corrected chi connectivity index (χ2v) is 5.66. The molecule has 0 bridgehead atoms. The first-order chi connectivity index (χ1) is 8.42. The molecule has 0 aliphatic rings. The second-order valence-electron chi connectivity index (χ2n) is 4.63. The van der Waals surface area contributed by atoms with Gasteiger partial charge in [0.1, 0.15) is 0 Å². The van der Waals surface area contributed by atoms with Crippen molar-refractivity contribution in [1.82, 2.24) is 10.6 Å². The number of rotatable bonds is 6. The highest BCUT2D eigenvalue weighted by molar-refractivity contribution is 7.09. The van der Waals surface area contributed by atoms with E-state index < -0.39 is 11.4 Å². The second kappa shape index (κ2) is 6.39. The van der Waals surface area contributed by atoms with Gasteiger partial charge >= 0.3 is 12.0 Å². The van der Waals surface area contributed by atoms with Crippen LogP contribution in [-0.4, -0.2) is 30.2 Å². The molecule has 0 fully saturated rings. The van der Waals surface area contributed by atoms with Gasteiger partial charge in [-0.05, 0) is 31.7 Å². The number of nitrogens with one attached hydrogen (secondary N) is 2. The van der Waals surface area contributed by atoms with Crippen molar-refractivity contribution in [3.05, 3.63) is 22.4 Å². The third kappa shape index (κ3) is 4.75. The number of carbonyl (C=O) groups excluding carboxylic acids is 1. The Morgan fingerprint density at radius 2 is 2.11 bits per heavy atom. The molecule has 0 aliphatic heterocycles. The lowest BCUT2D eigenvalue weighted by Gasteiger charge is -2.19. The van der Waals surface area contributed by atoms with Crippen molar-refractivity contribution in [2.75, 3.05) is 13.1 Å². The smallest absolute Gasteiger partial charge is 0.314 e. The first-order valence-electron chi connectivity index (χ1n) is 5.69. The summed E-state index contributed by atoms with van der Waals surface area (Å²) in [4.78, 5) is 23.5. The quantitative estimate of drug-likeness (QED) is 0.736. The fourth-order valence-corrected chi connectivity index (χ4v) is 1.90. The van der Waals surface area contributed by atoms with Crippen molar-refractivity contribution < 1.29 is 14.7 Å². The number of carboxylic acids is 1. The van der Waals surface area contributed by atoms with Gasteiger partial charge < -0.3 is 15.7 Å². The number of carbonyl (C=O) groups is 2. The Kier molecular flexibility index (Phi) is 5.15. The molecule has 0 unspecified atom stereocenters. The van der Waals surface area contributed by atoms with E-state index in [2.05, 4.69) is 10.6 Å². The molecule has 2 amide bonds. The Hall–Kier alpha value is -1.56. The van der Waals surface area contributed by atoms with Crippen LogP contribution in [-0.2, 0) is 11.2 Å². The summed E-state index contributed by atoms with van der Waals surface area (Å²) >= 11 is 1.65. The summed E-state index contributed by atoms with van der Waals surface area (Å²) in [7, 11) is 0. The summed E-state index contributed by atoms with van der Waals surface area (Å²) in [5.74, 6) is -0.929. The molecule has 5 nitrogen and oxygen atoms in total. The normalized spacial score (nSPS) is 11.0. The zero-order valence-electron chi connectivity index (χ0n) is 10.5. The molecule has 1 heterocycles. The van der Waals surface area contributed by atoms with Crippen LogP contribution >= 0.6 is 11.3 Å². The van der Waals surface area contributed by atoms with Gasteiger partial charge in [0.2, 0.25) is 0 Å². The lowest BCUT2D eigenvalue weighted by molar-refractivity contribution is -0.146. The minimum atomic E-state index is -0.953. The third-order valence-corrected chi connectivity index (χ3v) is 3.44. The Morgan fingerprint density at radius 1 is 1.39 bits per heavy atom. The van der Waals surface area contributed by atoms with Gasteiger partial charge in [0.25, 0.3) is 0 Å². The number of aliphatic carboxylic acids is 1. The maximum atomic E-state index is 11.4. The molecular formula is C12H18N2O3S. The SMILES string of the molecule is CC(C)(CNC(=O)NCCc1cccs1)C(=O)O. The van der Waals surface area contributed by atoms with Crippen LogP contribution in [0.2, 0.25) is 0 Å². The predicted molar refractivity (Wildman–Crippen MR) is 70.8 cm³/mol. The number of hydrogen-bond donors (Lipinski definition) is 3. The van der Waals surface area contributed by atoms with Gasteiger partial charge in [-0.2, -0.15) is 0 Å². The number of amides is 2. The molecule has 3 N–H and O–H groups in total. The summed E-state index contributed by atoms with van der Waals surface area (Å²) < 4.78 is 0. The van der Waals surface area contributed by atoms with Crippen LogP contribution in [0.15, 0.2) is 17.5 Å². The molecule has 1 aromatic heterocycles. The number of urea groups is 1. The minimum Gasteiger partial charge on any atom is -0.481 e. The Morgan fingerprint density at radius 3 is 2.67 bits per heavy atom. The molecular weight excluding hydrogens is 252 g/mol. The van der Waals surface area contributed by atoms with Crippen LogP contribution in [0, 0.1) is 5.41 Å². The molecule has 0 spiro atoms. The van der Waals surface area contributed by atoms with E-state index in [1.165, 1.54) is 4.88 Å². The summed E-state index contributed by atoms with van der Waals surface area (Å²) in [6.45, 7) is 3.79. The van der Waals surface area contributed by atoms with Crippen molar-refractivity contribution in [3.63, 3.8) is 0 Å². The van der Waals surface area contributed by atoms with Crippen molar-refractivity contribution in [2.24, 2.45) is 5.41 Å². The van der Waals surface area contributed by atoms with Gasteiger partial charge in [0, 0.05) is 18.0 Å². The molecule has 18 heavy (non-hydrogen) atoms. The molecule has 0 aromatic carbocycles. The minimum absolute atomic E-state index is 0.104. The van der Waals surface area contributed by atoms with E-state index in [1.54, 1.807) is 25.2 Å². The molecule has 0 atom stereocenters. The van der Waals surface area contributed by atoms with E-state index in [0.29, 0.717) is 6.54 Å². The third-order valence-electron chi connectivity index (χ3n) is 2.51. The van der Waals surface area contributed by atoms with Crippen LogP contribution in [0.25, 0.3) is 0 Å². The Bertz CT molecular complexity index is 401. The molecule has 0 saturated heterocycles. The summed E-state index contributed by atoms with van der Waals surface area (Å²) in [5, 5.41) is 16.1. The first-order valence-corrected chi connectivity index (χ1v) is 6.57. The number of hydrogen-bond acceptors (Lipinski definition) is 3. The van der Waals surface area contributed by atoms with E-state index in [-0.39, 0.29) is 12.6 Å². The molecule has 1 aromatic rings. The zero-order chi connectivity index (χ0) is 13.6. The monoisotopic (exact) mass is 270 g/mol. The number of carboxylic acid groups (broad SMARTS) is 1. The molecule has 0 saturated carbocycles. The van der Waals surface area contributed by atoms with Crippen molar-refractivity contribution in [1.29, 1.82) is 0 Å². The van der Waals surface area contributed by atoms with Crippen molar-refractivity contribution >= 4 is 23.3 Å². The topological polar surface area (TPSA) is 78.4 Å². The highest BCUT2D eigenvalue weighted by Gasteiger charge is 2.27. The highest BCUT2D eigenvalue weighted by Crippen LogP contribution is 2.12. The Labute approximate surface area is 110 Å². The molecule has 0 aliphatic carbocycles. The van der Waals surface area contributed by atoms with E-state index >= 15 is 0 Å². The molecule has 6 heteroatoms. The molecule has 1 rings (SSSR count). The summed E-state index contributed by atoms with van der Waals surface area (Å²) in [6, 6.07) is 3.65. The highest BCUT2D eigenvalue weighted by atomic mass is 32.1. The average molecular weight is 270 g/mol. The van der Waals surface area contributed by atoms with E-state index in [9.17, 15) is 9.59 Å². The van der Waals surface area contributed by atoms with E-state index in [1.807, 2.05) is 17.5 Å². The lowest BCUT2D eigenvalue weighted by Crippen LogP contribution is -2.43.